The smallest absolute Gasteiger partial charge is 0.477 e. The van der Waals surface area contributed by atoms with E-state index >= 15 is 0 Å². The van der Waals surface area contributed by atoms with E-state index in [0.717, 1.165) is 48.4 Å². The summed E-state index contributed by atoms with van der Waals surface area (Å²) in [7, 11) is 5.22. The fourth-order valence-corrected chi connectivity index (χ4v) is 5.00. The van der Waals surface area contributed by atoms with Crippen LogP contribution < -0.4 is 20.1 Å². The second kappa shape index (κ2) is 11.5. The first-order chi connectivity index (χ1) is 18.0. The van der Waals surface area contributed by atoms with Crippen molar-refractivity contribution in [3.05, 3.63) is 47.0 Å². The van der Waals surface area contributed by atoms with Crippen LogP contribution in [0.1, 0.15) is 48.3 Å². The lowest BCUT2D eigenvalue weighted by atomic mass is 9.89. The molecule has 2 aliphatic rings. The van der Waals surface area contributed by atoms with E-state index in [1.54, 1.807) is 0 Å². The molecular formula is C27H32F3N3O5. The van der Waals surface area contributed by atoms with Crippen LogP contribution in [0.4, 0.5) is 24.5 Å². The number of carbonyl (C=O) groups excluding carboxylic acids is 2. The molecule has 1 saturated carbocycles. The molecule has 11 heteroatoms. The van der Waals surface area contributed by atoms with Crippen molar-refractivity contribution in [2.24, 2.45) is 0 Å². The summed E-state index contributed by atoms with van der Waals surface area (Å²) in [5.41, 5.74) is 3.73. The highest BCUT2D eigenvalue weighted by atomic mass is 19.4. The zero-order valence-electron chi connectivity index (χ0n) is 21.6. The Bertz CT molecular complexity index is 1180. The minimum atomic E-state index is -4.81. The zero-order valence-corrected chi connectivity index (χ0v) is 21.6. The van der Waals surface area contributed by atoms with Crippen LogP contribution in [-0.4, -0.2) is 57.0 Å². The maximum absolute atomic E-state index is 13.2. The number of alkyl halides is 3. The van der Waals surface area contributed by atoms with Crippen molar-refractivity contribution in [3.8, 4) is 11.5 Å². The second-order valence-electron chi connectivity index (χ2n) is 9.86. The summed E-state index contributed by atoms with van der Waals surface area (Å²) in [6.45, 7) is 0.620. The van der Waals surface area contributed by atoms with Crippen molar-refractivity contribution < 1.29 is 37.0 Å². The lowest BCUT2D eigenvalue weighted by molar-refractivity contribution is -0.274. The summed E-state index contributed by atoms with van der Waals surface area (Å²) in [4.78, 5) is 27.4. The SMILES string of the molecule is COC(=O)Cc1cc(NC(=O)C2CNc3cc(OC(F)(F)F)ccc3O2)c(CN(C)C)cc1C1CCCC1. The number of nitrogens with one attached hydrogen (secondary N) is 2. The van der Waals surface area contributed by atoms with Crippen molar-refractivity contribution in [2.45, 2.75) is 57.0 Å². The highest BCUT2D eigenvalue weighted by Gasteiger charge is 2.33. The number of rotatable bonds is 8. The van der Waals surface area contributed by atoms with E-state index in [1.165, 1.54) is 19.2 Å². The van der Waals surface area contributed by atoms with Crippen LogP contribution in [0.5, 0.6) is 11.5 Å². The average molecular weight is 536 g/mol. The molecule has 2 aromatic carbocycles. The molecule has 1 fully saturated rings. The van der Waals surface area contributed by atoms with Gasteiger partial charge in [0.05, 0.1) is 25.8 Å². The van der Waals surface area contributed by atoms with E-state index in [-0.39, 0.29) is 30.4 Å². The predicted molar refractivity (Wildman–Crippen MR) is 135 cm³/mol. The van der Waals surface area contributed by atoms with Crippen molar-refractivity contribution in [3.63, 3.8) is 0 Å². The first-order valence-corrected chi connectivity index (χ1v) is 12.5. The van der Waals surface area contributed by atoms with Crippen LogP contribution in [0, 0.1) is 0 Å². The van der Waals surface area contributed by atoms with Crippen LogP contribution in [0.2, 0.25) is 0 Å². The number of carbonyl (C=O) groups is 2. The number of ether oxygens (including phenoxy) is 3. The van der Waals surface area contributed by atoms with Crippen molar-refractivity contribution >= 4 is 23.3 Å². The molecule has 0 saturated heterocycles. The van der Waals surface area contributed by atoms with Gasteiger partial charge in [-0.05, 0) is 67.7 Å². The van der Waals surface area contributed by atoms with Gasteiger partial charge in [-0.2, -0.15) is 0 Å². The standard InChI is InChI=1S/C27H32F3N3O5/c1-33(2)15-18-10-20(16-6-4-5-7-16)17(12-25(34)36-3)11-21(18)32-26(35)24-14-31-22-13-19(38-27(28,29)30)8-9-23(22)37-24/h8-11,13,16,24,31H,4-7,12,14-15H2,1-3H3,(H,32,35). The number of halogens is 3. The molecule has 4 rings (SSSR count). The van der Waals surface area contributed by atoms with E-state index in [9.17, 15) is 22.8 Å². The number of fused-ring (bicyclic) bond motifs is 1. The molecular weight excluding hydrogens is 503 g/mol. The Morgan fingerprint density at radius 3 is 2.53 bits per heavy atom. The van der Waals surface area contributed by atoms with Gasteiger partial charge in [0.15, 0.2) is 6.10 Å². The third-order valence-electron chi connectivity index (χ3n) is 6.69. The van der Waals surface area contributed by atoms with Crippen molar-refractivity contribution in [2.75, 3.05) is 38.4 Å². The Kier molecular flexibility index (Phi) is 8.35. The molecule has 1 amide bonds. The Hall–Kier alpha value is -3.47. The Morgan fingerprint density at radius 2 is 1.87 bits per heavy atom. The van der Waals surface area contributed by atoms with Gasteiger partial charge in [-0.1, -0.05) is 18.9 Å². The lowest BCUT2D eigenvalue weighted by Gasteiger charge is -2.28. The molecule has 1 heterocycles. The molecule has 8 nitrogen and oxygen atoms in total. The zero-order chi connectivity index (χ0) is 27.4. The molecule has 1 aliphatic carbocycles. The molecule has 1 aliphatic heterocycles. The van der Waals surface area contributed by atoms with Crippen LogP contribution in [0.3, 0.4) is 0 Å². The number of anilines is 2. The summed E-state index contributed by atoms with van der Waals surface area (Å²) in [6.07, 6.45) is -1.25. The first kappa shape index (κ1) is 27.6. The first-order valence-electron chi connectivity index (χ1n) is 12.5. The summed E-state index contributed by atoms with van der Waals surface area (Å²) in [5, 5.41) is 5.89. The van der Waals surface area contributed by atoms with Gasteiger partial charge in [-0.3, -0.25) is 9.59 Å². The van der Waals surface area contributed by atoms with E-state index in [0.29, 0.717) is 23.8 Å². The quantitative estimate of drug-likeness (QED) is 0.468. The van der Waals surface area contributed by atoms with Crippen LogP contribution in [0.15, 0.2) is 30.3 Å². The number of benzene rings is 2. The summed E-state index contributed by atoms with van der Waals surface area (Å²) < 4.78 is 52.3. The third kappa shape index (κ3) is 6.89. The monoisotopic (exact) mass is 535 g/mol. The van der Waals surface area contributed by atoms with Crippen LogP contribution in [-0.2, 0) is 27.3 Å². The van der Waals surface area contributed by atoms with Gasteiger partial charge in [0.25, 0.3) is 5.91 Å². The molecule has 2 aromatic rings. The molecule has 38 heavy (non-hydrogen) atoms. The van der Waals surface area contributed by atoms with Gasteiger partial charge < -0.3 is 29.7 Å². The molecule has 0 spiro atoms. The Morgan fingerprint density at radius 1 is 1.13 bits per heavy atom. The van der Waals surface area contributed by atoms with E-state index < -0.39 is 18.4 Å². The molecule has 0 aromatic heterocycles. The fourth-order valence-electron chi connectivity index (χ4n) is 5.00. The highest BCUT2D eigenvalue weighted by Crippen LogP contribution is 2.39. The fraction of sp³-hybridized carbons (Fsp3) is 0.481. The van der Waals surface area contributed by atoms with Gasteiger partial charge in [0.1, 0.15) is 11.5 Å². The summed E-state index contributed by atoms with van der Waals surface area (Å²) in [5.74, 6) is -0.566. The van der Waals surface area contributed by atoms with Crippen LogP contribution >= 0.6 is 0 Å². The third-order valence-corrected chi connectivity index (χ3v) is 6.69. The normalized spacial score (nSPS) is 17.4. The second-order valence-corrected chi connectivity index (χ2v) is 9.86. The maximum Gasteiger partial charge on any atom is 0.573 e. The van der Waals surface area contributed by atoms with Gasteiger partial charge in [-0.25, -0.2) is 0 Å². The van der Waals surface area contributed by atoms with Crippen molar-refractivity contribution in [1.29, 1.82) is 0 Å². The Balaban J connectivity index is 1.57. The highest BCUT2D eigenvalue weighted by molar-refractivity contribution is 5.96. The number of methoxy groups -OCH3 is 1. The molecule has 0 radical (unpaired) electrons. The number of nitrogens with zero attached hydrogens (tertiary/aromatic N) is 1. The minimum Gasteiger partial charge on any atom is -0.477 e. The van der Waals surface area contributed by atoms with Crippen molar-refractivity contribution in [1.82, 2.24) is 4.90 Å². The minimum absolute atomic E-state index is 0.0481. The molecule has 0 bridgehead atoms. The van der Waals surface area contributed by atoms with Gasteiger partial charge in [0, 0.05) is 18.3 Å². The largest absolute Gasteiger partial charge is 0.573 e. The summed E-state index contributed by atoms with van der Waals surface area (Å²) in [6, 6.07) is 7.57. The number of esters is 1. The van der Waals surface area contributed by atoms with Gasteiger partial charge >= 0.3 is 12.3 Å². The lowest BCUT2D eigenvalue weighted by Crippen LogP contribution is -2.41. The average Bonchev–Trinajstić information content (AvgIpc) is 3.38. The maximum atomic E-state index is 13.2. The van der Waals surface area contributed by atoms with E-state index in [4.69, 9.17) is 9.47 Å². The molecule has 1 atom stereocenters. The molecule has 1 unspecified atom stereocenters. The van der Waals surface area contributed by atoms with Gasteiger partial charge in [-0.15, -0.1) is 13.2 Å². The topological polar surface area (TPSA) is 89.1 Å². The van der Waals surface area contributed by atoms with E-state index in [1.807, 2.05) is 25.1 Å². The number of hydrogen-bond donors (Lipinski definition) is 2. The molecule has 2 N–H and O–H groups in total. The van der Waals surface area contributed by atoms with E-state index in [2.05, 4.69) is 21.4 Å². The van der Waals surface area contributed by atoms with Crippen LogP contribution in [0.25, 0.3) is 0 Å². The molecule has 206 valence electrons. The summed E-state index contributed by atoms with van der Waals surface area (Å²) >= 11 is 0. The number of hydrogen-bond acceptors (Lipinski definition) is 7. The van der Waals surface area contributed by atoms with Gasteiger partial charge in [0.2, 0.25) is 0 Å². The predicted octanol–water partition coefficient (Wildman–Crippen LogP) is 4.83. The number of amides is 1. The Labute approximate surface area is 219 Å².